The summed E-state index contributed by atoms with van der Waals surface area (Å²) in [6.45, 7) is 2.16. The van der Waals surface area contributed by atoms with E-state index < -0.39 is 0 Å². The molecule has 82 valence electrons. The van der Waals surface area contributed by atoms with E-state index in [1.807, 2.05) is 6.08 Å². The van der Waals surface area contributed by atoms with E-state index in [1.165, 1.54) is 11.3 Å². The van der Waals surface area contributed by atoms with Crippen LogP contribution < -0.4 is 5.32 Å². The number of anilines is 1. The van der Waals surface area contributed by atoms with Gasteiger partial charge in [-0.05, 0) is 24.5 Å². The fourth-order valence-corrected chi connectivity index (χ4v) is 2.11. The van der Waals surface area contributed by atoms with Gasteiger partial charge in [-0.15, -0.1) is 0 Å². The number of benzene rings is 1. The Kier molecular flexibility index (Phi) is 3.26. The van der Waals surface area contributed by atoms with E-state index in [1.54, 1.807) is 0 Å². The van der Waals surface area contributed by atoms with E-state index in [0.29, 0.717) is 6.04 Å². The zero-order valence-corrected chi connectivity index (χ0v) is 9.53. The fraction of sp³-hybridized carbons (Fsp3) is 0.357. The van der Waals surface area contributed by atoms with Crippen molar-refractivity contribution in [3.05, 3.63) is 41.5 Å². The summed E-state index contributed by atoms with van der Waals surface area (Å²) in [7, 11) is 0. The molecule has 1 atom stereocenters. The predicted molar refractivity (Wildman–Crippen MR) is 66.2 cm³/mol. The maximum absolute atomic E-state index is 8.80. The van der Waals surface area contributed by atoms with E-state index in [2.05, 4.69) is 42.6 Å². The van der Waals surface area contributed by atoms with Gasteiger partial charge in [-0.2, -0.15) is 5.26 Å². The molecular weight excluding hydrogens is 196 g/mol. The monoisotopic (exact) mass is 212 g/mol. The van der Waals surface area contributed by atoms with Crippen LogP contribution in [0.25, 0.3) is 0 Å². The highest BCUT2D eigenvalue weighted by Crippen LogP contribution is 2.24. The number of para-hydroxylation sites is 1. The lowest BCUT2D eigenvalue weighted by Crippen LogP contribution is -2.16. The molecule has 0 bridgehead atoms. The topological polar surface area (TPSA) is 35.8 Å². The molecular formula is C14H16N2. The average Bonchev–Trinajstić information content (AvgIpc) is 2.77. The molecule has 0 radical (unpaired) electrons. The van der Waals surface area contributed by atoms with Crippen molar-refractivity contribution in [2.75, 3.05) is 5.32 Å². The number of aryl methyl sites for hydroxylation is 1. The Labute approximate surface area is 96.6 Å². The van der Waals surface area contributed by atoms with Crippen LogP contribution in [0.2, 0.25) is 0 Å². The van der Waals surface area contributed by atoms with Crippen LogP contribution >= 0.6 is 0 Å². The van der Waals surface area contributed by atoms with Crippen LogP contribution in [0.5, 0.6) is 0 Å². The van der Waals surface area contributed by atoms with Crippen molar-refractivity contribution in [1.82, 2.24) is 0 Å². The lowest BCUT2D eigenvalue weighted by Gasteiger charge is -2.16. The van der Waals surface area contributed by atoms with Gasteiger partial charge >= 0.3 is 0 Å². The number of hydrogen-bond donors (Lipinski definition) is 1. The minimum Gasteiger partial charge on any atom is -0.381 e. The Morgan fingerprint density at radius 3 is 2.94 bits per heavy atom. The van der Waals surface area contributed by atoms with Gasteiger partial charge < -0.3 is 5.32 Å². The molecule has 1 aromatic carbocycles. The number of nitrogens with one attached hydrogen (secondary N) is 1. The number of hydrogen-bond acceptors (Lipinski definition) is 2. The van der Waals surface area contributed by atoms with E-state index in [-0.39, 0.29) is 0 Å². The van der Waals surface area contributed by atoms with Gasteiger partial charge in [-0.3, -0.25) is 0 Å². The maximum atomic E-state index is 8.80. The van der Waals surface area contributed by atoms with Crippen molar-refractivity contribution in [3.63, 3.8) is 0 Å². The molecule has 2 heteroatoms. The summed E-state index contributed by atoms with van der Waals surface area (Å²) in [5.41, 5.74) is 3.46. The summed E-state index contributed by atoms with van der Waals surface area (Å²) < 4.78 is 0. The lowest BCUT2D eigenvalue weighted by atomic mass is 10.1. The van der Waals surface area contributed by atoms with E-state index >= 15 is 0 Å². The molecule has 1 aromatic rings. The van der Waals surface area contributed by atoms with Gasteiger partial charge in [-0.25, -0.2) is 0 Å². The van der Waals surface area contributed by atoms with Gasteiger partial charge in [0.25, 0.3) is 0 Å². The summed E-state index contributed by atoms with van der Waals surface area (Å²) in [4.78, 5) is 0. The van der Waals surface area contributed by atoms with Crippen LogP contribution in [-0.2, 0) is 6.42 Å². The molecule has 1 aliphatic carbocycles. The molecule has 0 aromatic heterocycles. The van der Waals surface area contributed by atoms with Gasteiger partial charge in [-0.1, -0.05) is 31.2 Å². The lowest BCUT2D eigenvalue weighted by molar-refractivity contribution is 0.777. The molecule has 1 aliphatic rings. The first-order valence-electron chi connectivity index (χ1n) is 5.77. The highest BCUT2D eigenvalue weighted by Gasteiger charge is 2.16. The molecule has 0 spiro atoms. The van der Waals surface area contributed by atoms with Crippen molar-refractivity contribution in [1.29, 1.82) is 5.26 Å². The zero-order valence-electron chi connectivity index (χ0n) is 9.53. The van der Waals surface area contributed by atoms with Crippen LogP contribution in [-0.4, -0.2) is 6.04 Å². The van der Waals surface area contributed by atoms with Gasteiger partial charge in [0.1, 0.15) is 0 Å². The minimum atomic E-state index is 0.391. The van der Waals surface area contributed by atoms with Gasteiger partial charge in [0, 0.05) is 23.7 Å². The number of rotatable bonds is 3. The SMILES string of the molecule is CCc1ccccc1NC1CC=C(C#N)C1. The maximum Gasteiger partial charge on any atom is 0.0944 e. The van der Waals surface area contributed by atoms with Crippen LogP contribution in [0.1, 0.15) is 25.3 Å². The van der Waals surface area contributed by atoms with Crippen molar-refractivity contribution >= 4 is 5.69 Å². The second kappa shape index (κ2) is 4.85. The van der Waals surface area contributed by atoms with Gasteiger partial charge in [0.2, 0.25) is 0 Å². The highest BCUT2D eigenvalue weighted by atomic mass is 14.9. The van der Waals surface area contributed by atoms with Gasteiger partial charge in [0.15, 0.2) is 0 Å². The Morgan fingerprint density at radius 1 is 1.44 bits per heavy atom. The Hall–Kier alpha value is -1.75. The second-order valence-electron chi connectivity index (χ2n) is 4.13. The molecule has 0 fully saturated rings. The summed E-state index contributed by atoms with van der Waals surface area (Å²) >= 11 is 0. The summed E-state index contributed by atoms with van der Waals surface area (Å²) in [6, 6.07) is 11.0. The summed E-state index contributed by atoms with van der Waals surface area (Å²) in [6.07, 6.45) is 4.89. The molecule has 2 rings (SSSR count). The van der Waals surface area contributed by atoms with E-state index in [9.17, 15) is 0 Å². The van der Waals surface area contributed by atoms with Crippen molar-refractivity contribution in [3.8, 4) is 6.07 Å². The second-order valence-corrected chi connectivity index (χ2v) is 4.13. The molecule has 16 heavy (non-hydrogen) atoms. The molecule has 0 heterocycles. The first kappa shape index (κ1) is 10.8. The molecule has 2 nitrogen and oxygen atoms in total. The first-order chi connectivity index (χ1) is 7.83. The number of nitriles is 1. The Morgan fingerprint density at radius 2 is 2.25 bits per heavy atom. The summed E-state index contributed by atoms with van der Waals surface area (Å²) in [5, 5.41) is 12.3. The first-order valence-corrected chi connectivity index (χ1v) is 5.77. The van der Waals surface area contributed by atoms with Crippen LogP contribution in [0, 0.1) is 11.3 Å². The molecule has 1 unspecified atom stereocenters. The smallest absolute Gasteiger partial charge is 0.0944 e. The largest absolute Gasteiger partial charge is 0.381 e. The van der Waals surface area contributed by atoms with Crippen molar-refractivity contribution in [2.45, 2.75) is 32.2 Å². The highest BCUT2D eigenvalue weighted by molar-refractivity contribution is 5.52. The fourth-order valence-electron chi connectivity index (χ4n) is 2.11. The molecule has 0 amide bonds. The van der Waals surface area contributed by atoms with Crippen LogP contribution in [0.4, 0.5) is 5.69 Å². The van der Waals surface area contributed by atoms with Crippen molar-refractivity contribution < 1.29 is 0 Å². The zero-order chi connectivity index (χ0) is 11.4. The molecule has 1 N–H and O–H groups in total. The van der Waals surface area contributed by atoms with Crippen LogP contribution in [0.15, 0.2) is 35.9 Å². The quantitative estimate of drug-likeness (QED) is 0.834. The van der Waals surface area contributed by atoms with E-state index in [0.717, 1.165) is 24.8 Å². The molecule has 0 saturated heterocycles. The normalized spacial score (nSPS) is 19.0. The predicted octanol–water partition coefficient (Wildman–Crippen LogP) is 3.27. The molecule has 0 aliphatic heterocycles. The third-order valence-electron chi connectivity index (χ3n) is 3.02. The van der Waals surface area contributed by atoms with E-state index in [4.69, 9.17) is 5.26 Å². The van der Waals surface area contributed by atoms with Gasteiger partial charge in [0.05, 0.1) is 6.07 Å². The summed E-state index contributed by atoms with van der Waals surface area (Å²) in [5.74, 6) is 0. The number of nitrogens with zero attached hydrogens (tertiary/aromatic N) is 1. The third kappa shape index (κ3) is 2.25. The van der Waals surface area contributed by atoms with Crippen LogP contribution in [0.3, 0.4) is 0 Å². The minimum absolute atomic E-state index is 0.391. The molecule has 0 saturated carbocycles. The van der Waals surface area contributed by atoms with Crippen molar-refractivity contribution in [2.24, 2.45) is 0 Å². The third-order valence-corrected chi connectivity index (χ3v) is 3.02. The Balaban J connectivity index is 2.03. The Bertz CT molecular complexity index is 440. The average molecular weight is 212 g/mol. The standard InChI is InChI=1S/C14H16N2/c1-2-12-5-3-4-6-14(12)16-13-8-7-11(9-13)10-15/h3-7,13,16H,2,8-9H2,1H3.